The van der Waals surface area contributed by atoms with E-state index in [0.717, 1.165) is 34.5 Å². The summed E-state index contributed by atoms with van der Waals surface area (Å²) in [6, 6.07) is 10.7. The molecule has 0 aliphatic carbocycles. The lowest BCUT2D eigenvalue weighted by atomic mass is 10.0. The molecule has 1 amide bonds. The van der Waals surface area contributed by atoms with Crippen molar-refractivity contribution in [3.8, 4) is 11.3 Å². The molecule has 4 aromatic rings. The van der Waals surface area contributed by atoms with Crippen LogP contribution in [0.5, 0.6) is 0 Å². The molecule has 0 unspecified atom stereocenters. The molecule has 0 spiro atoms. The number of benzene rings is 2. The Morgan fingerprint density at radius 1 is 1.19 bits per heavy atom. The molecule has 1 aliphatic heterocycles. The number of aromatic amines is 1. The van der Waals surface area contributed by atoms with Gasteiger partial charge in [0.05, 0.1) is 17.5 Å². The molecule has 8 heteroatoms. The smallest absolute Gasteiger partial charge is 0.231 e. The van der Waals surface area contributed by atoms with Crippen molar-refractivity contribution < 1.29 is 9.18 Å². The summed E-state index contributed by atoms with van der Waals surface area (Å²) in [7, 11) is 0. The van der Waals surface area contributed by atoms with Crippen LogP contribution < -0.4 is 10.6 Å². The summed E-state index contributed by atoms with van der Waals surface area (Å²) in [6.07, 6.45) is 0.759. The number of hydrogen-bond acceptors (Lipinski definition) is 5. The maximum Gasteiger partial charge on any atom is 0.231 e. The lowest BCUT2D eigenvalue weighted by molar-refractivity contribution is -0.117. The maximum atomic E-state index is 14.1. The molecule has 3 heterocycles. The normalized spacial score (nSPS) is 13.1. The number of H-pyrrole nitrogens is 1. The van der Waals surface area contributed by atoms with E-state index in [1.807, 2.05) is 25.1 Å². The molecule has 0 fully saturated rings. The van der Waals surface area contributed by atoms with Crippen molar-refractivity contribution in [2.75, 3.05) is 17.2 Å². The zero-order valence-electron chi connectivity index (χ0n) is 17.2. The zero-order valence-corrected chi connectivity index (χ0v) is 17.2. The molecule has 156 valence electrons. The fourth-order valence-electron chi connectivity index (χ4n) is 4.19. The molecular formula is C23H21FN6O. The van der Waals surface area contributed by atoms with Crippen molar-refractivity contribution in [1.29, 1.82) is 0 Å². The number of fused-ring (bicyclic) bond motifs is 2. The van der Waals surface area contributed by atoms with Crippen molar-refractivity contribution in [2.45, 2.75) is 26.7 Å². The summed E-state index contributed by atoms with van der Waals surface area (Å²) in [5, 5.41) is 7.96. The summed E-state index contributed by atoms with van der Waals surface area (Å²) < 4.78 is 14.1. The average Bonchev–Trinajstić information content (AvgIpc) is 3.34. The SMILES string of the molecule is Cc1ccc(F)c(CC(=O)N2CCc3cc(-c4[nH]nc5nc(C)nc(N)c45)ccc32)c1. The highest BCUT2D eigenvalue weighted by Crippen LogP contribution is 2.35. The van der Waals surface area contributed by atoms with Gasteiger partial charge in [0.1, 0.15) is 17.5 Å². The molecule has 7 nitrogen and oxygen atoms in total. The third-order valence-corrected chi connectivity index (χ3v) is 5.66. The Morgan fingerprint density at radius 3 is 2.87 bits per heavy atom. The minimum atomic E-state index is -0.352. The Labute approximate surface area is 178 Å². The van der Waals surface area contributed by atoms with Gasteiger partial charge in [0.2, 0.25) is 5.91 Å². The van der Waals surface area contributed by atoms with E-state index >= 15 is 0 Å². The molecule has 0 saturated carbocycles. The number of nitrogens with two attached hydrogens (primary N) is 1. The Hall–Kier alpha value is -3.81. The van der Waals surface area contributed by atoms with E-state index in [2.05, 4.69) is 20.2 Å². The molecule has 1 aliphatic rings. The molecule has 3 N–H and O–H groups in total. The van der Waals surface area contributed by atoms with Crippen molar-refractivity contribution in [3.05, 3.63) is 64.7 Å². The van der Waals surface area contributed by atoms with Crippen LogP contribution in [0.2, 0.25) is 0 Å². The van der Waals surface area contributed by atoms with Crippen LogP contribution in [0.3, 0.4) is 0 Å². The Kier molecular flexibility index (Phi) is 4.43. The quantitative estimate of drug-likeness (QED) is 0.532. The highest BCUT2D eigenvalue weighted by molar-refractivity contribution is 6.00. The van der Waals surface area contributed by atoms with Gasteiger partial charge in [-0.15, -0.1) is 0 Å². The topological polar surface area (TPSA) is 101 Å². The largest absolute Gasteiger partial charge is 0.383 e. The monoisotopic (exact) mass is 416 g/mol. The summed E-state index contributed by atoms with van der Waals surface area (Å²) in [5.41, 5.74) is 11.5. The van der Waals surface area contributed by atoms with Crippen LogP contribution in [-0.2, 0) is 17.6 Å². The van der Waals surface area contributed by atoms with Gasteiger partial charge in [-0.3, -0.25) is 9.89 Å². The first-order chi connectivity index (χ1) is 14.9. The highest BCUT2D eigenvalue weighted by Gasteiger charge is 2.26. The summed E-state index contributed by atoms with van der Waals surface area (Å²) in [5.74, 6) is 0.478. The van der Waals surface area contributed by atoms with Crippen LogP contribution in [0, 0.1) is 19.7 Å². The van der Waals surface area contributed by atoms with Gasteiger partial charge in [0.15, 0.2) is 5.65 Å². The second kappa shape index (κ2) is 7.16. The lowest BCUT2D eigenvalue weighted by Gasteiger charge is -2.18. The van der Waals surface area contributed by atoms with E-state index in [4.69, 9.17) is 5.73 Å². The summed E-state index contributed by atoms with van der Waals surface area (Å²) in [4.78, 5) is 23.2. The maximum absolute atomic E-state index is 14.1. The van der Waals surface area contributed by atoms with Crippen molar-refractivity contribution in [1.82, 2.24) is 20.2 Å². The van der Waals surface area contributed by atoms with Gasteiger partial charge >= 0.3 is 0 Å². The van der Waals surface area contributed by atoms with Crippen molar-refractivity contribution in [2.24, 2.45) is 0 Å². The Bertz CT molecular complexity index is 1350. The van der Waals surface area contributed by atoms with Crippen molar-refractivity contribution >= 4 is 28.4 Å². The van der Waals surface area contributed by atoms with Gasteiger partial charge in [0.25, 0.3) is 0 Å². The fraction of sp³-hybridized carbons (Fsp3) is 0.217. The highest BCUT2D eigenvalue weighted by atomic mass is 19.1. The van der Waals surface area contributed by atoms with Crippen molar-refractivity contribution in [3.63, 3.8) is 0 Å². The number of carbonyl (C=O) groups excluding carboxylic acids is 1. The minimum absolute atomic E-state index is 0.0348. The molecule has 5 rings (SSSR count). The molecule has 0 saturated heterocycles. The van der Waals surface area contributed by atoms with Gasteiger partial charge < -0.3 is 10.6 Å². The first-order valence-electron chi connectivity index (χ1n) is 10.1. The Morgan fingerprint density at radius 2 is 2.03 bits per heavy atom. The average molecular weight is 416 g/mol. The number of hydrogen-bond donors (Lipinski definition) is 2. The number of aryl methyl sites for hydroxylation is 2. The zero-order chi connectivity index (χ0) is 21.7. The number of amides is 1. The minimum Gasteiger partial charge on any atom is -0.383 e. The molecule has 0 bridgehead atoms. The Balaban J connectivity index is 1.45. The van der Waals surface area contributed by atoms with Crippen LogP contribution in [-0.4, -0.2) is 32.6 Å². The van der Waals surface area contributed by atoms with E-state index < -0.39 is 0 Å². The van der Waals surface area contributed by atoms with E-state index in [0.29, 0.717) is 34.8 Å². The van der Waals surface area contributed by atoms with Gasteiger partial charge in [-0.2, -0.15) is 5.10 Å². The van der Waals surface area contributed by atoms with Gasteiger partial charge in [-0.25, -0.2) is 14.4 Å². The van der Waals surface area contributed by atoms with E-state index in [9.17, 15) is 9.18 Å². The predicted octanol–water partition coefficient (Wildman–Crippen LogP) is 3.49. The number of rotatable bonds is 3. The summed E-state index contributed by atoms with van der Waals surface area (Å²) >= 11 is 0. The van der Waals surface area contributed by atoms with E-state index in [1.165, 1.54) is 6.07 Å². The van der Waals surface area contributed by atoms with Crippen LogP contribution in [0.4, 0.5) is 15.9 Å². The number of nitrogen functional groups attached to an aromatic ring is 1. The number of anilines is 2. The van der Waals surface area contributed by atoms with Crippen LogP contribution in [0.15, 0.2) is 36.4 Å². The first kappa shape index (κ1) is 19.2. The molecule has 2 aromatic heterocycles. The molecule has 31 heavy (non-hydrogen) atoms. The van der Waals surface area contributed by atoms with Crippen LogP contribution >= 0.6 is 0 Å². The lowest BCUT2D eigenvalue weighted by Crippen LogP contribution is -2.30. The number of aromatic nitrogens is 4. The molecule has 2 aromatic carbocycles. The standard InChI is InChI=1S/C23H21FN6O/c1-12-3-5-17(24)16(9-12)11-19(31)30-8-7-14-10-15(4-6-18(14)30)21-20-22(25)26-13(2)27-23(20)29-28-21/h3-6,9-10H,7-8,11H2,1-2H3,(H3,25,26,27,28,29). The van der Waals surface area contributed by atoms with Crippen LogP contribution in [0.25, 0.3) is 22.3 Å². The molecular weight excluding hydrogens is 395 g/mol. The first-order valence-corrected chi connectivity index (χ1v) is 10.1. The van der Waals surface area contributed by atoms with E-state index in [-0.39, 0.29) is 18.1 Å². The number of carbonyl (C=O) groups is 1. The van der Waals surface area contributed by atoms with Gasteiger partial charge in [-0.1, -0.05) is 23.8 Å². The third-order valence-electron chi connectivity index (χ3n) is 5.66. The van der Waals surface area contributed by atoms with Gasteiger partial charge in [-0.05, 0) is 49.6 Å². The number of nitrogens with one attached hydrogen (secondary N) is 1. The van der Waals surface area contributed by atoms with E-state index in [1.54, 1.807) is 24.0 Å². The summed E-state index contributed by atoms with van der Waals surface area (Å²) in [6.45, 7) is 4.23. The predicted molar refractivity (Wildman–Crippen MR) is 117 cm³/mol. The molecule has 0 atom stereocenters. The third kappa shape index (κ3) is 3.30. The second-order valence-electron chi connectivity index (χ2n) is 7.86. The number of nitrogens with zero attached hydrogens (tertiary/aromatic N) is 4. The second-order valence-corrected chi connectivity index (χ2v) is 7.86. The fourth-order valence-corrected chi connectivity index (χ4v) is 4.19. The molecule has 0 radical (unpaired) electrons. The number of halogens is 1. The van der Waals surface area contributed by atoms with Gasteiger partial charge in [0, 0.05) is 17.8 Å². The van der Waals surface area contributed by atoms with Crippen LogP contribution in [0.1, 0.15) is 22.5 Å².